The van der Waals surface area contributed by atoms with Gasteiger partial charge >= 0.3 is 0 Å². The Morgan fingerprint density at radius 1 is 1.14 bits per heavy atom. The Kier molecular flexibility index (Phi) is 3.88. The largest absolute Gasteiger partial charge is 0.385 e. The molecule has 0 saturated carbocycles. The molecule has 3 aromatic rings. The lowest BCUT2D eigenvalue weighted by Gasteiger charge is -2.15. The second-order valence-electron chi connectivity index (χ2n) is 4.50. The molecular formula is C15H12BrN5O. The highest BCUT2D eigenvalue weighted by Gasteiger charge is 2.11. The number of hydrogen-bond donors (Lipinski definition) is 2. The minimum Gasteiger partial charge on any atom is -0.385 e. The molecule has 0 aliphatic heterocycles. The zero-order chi connectivity index (χ0) is 15.5. The molecule has 0 amide bonds. The number of anilines is 3. The van der Waals surface area contributed by atoms with E-state index < -0.39 is 5.56 Å². The fourth-order valence-electron chi connectivity index (χ4n) is 1.99. The normalized spacial score (nSPS) is 10.4. The van der Waals surface area contributed by atoms with Crippen molar-refractivity contribution in [2.45, 2.75) is 0 Å². The predicted octanol–water partition coefficient (Wildman–Crippen LogP) is 2.72. The average Bonchev–Trinajstić information content (AvgIpc) is 2.47. The van der Waals surface area contributed by atoms with E-state index in [2.05, 4.69) is 31.2 Å². The molecule has 0 atom stereocenters. The Hall–Kier alpha value is -2.67. The quantitative estimate of drug-likeness (QED) is 0.752. The highest BCUT2D eigenvalue weighted by atomic mass is 79.9. The van der Waals surface area contributed by atoms with Gasteiger partial charge in [0.15, 0.2) is 0 Å². The van der Waals surface area contributed by atoms with Crippen molar-refractivity contribution in [3.8, 4) is 5.82 Å². The van der Waals surface area contributed by atoms with Gasteiger partial charge in [-0.25, -0.2) is 9.55 Å². The van der Waals surface area contributed by atoms with Crippen LogP contribution in [0.1, 0.15) is 0 Å². The molecule has 110 valence electrons. The molecular weight excluding hydrogens is 346 g/mol. The van der Waals surface area contributed by atoms with Crippen LogP contribution < -0.4 is 16.6 Å². The summed E-state index contributed by atoms with van der Waals surface area (Å²) < 4.78 is 2.43. The number of pyridine rings is 1. The Morgan fingerprint density at radius 2 is 1.91 bits per heavy atom. The summed E-state index contributed by atoms with van der Waals surface area (Å²) in [5.74, 6) is 1.11. The second-order valence-corrected chi connectivity index (χ2v) is 5.42. The van der Waals surface area contributed by atoms with Crippen molar-refractivity contribution in [2.75, 3.05) is 11.1 Å². The van der Waals surface area contributed by atoms with Crippen molar-refractivity contribution < 1.29 is 0 Å². The third-order valence-corrected chi connectivity index (χ3v) is 3.42. The van der Waals surface area contributed by atoms with Crippen molar-refractivity contribution >= 4 is 33.4 Å². The van der Waals surface area contributed by atoms with E-state index in [0.717, 1.165) is 10.2 Å². The first-order valence-corrected chi connectivity index (χ1v) is 7.26. The van der Waals surface area contributed by atoms with Crippen LogP contribution in [-0.2, 0) is 0 Å². The second kappa shape index (κ2) is 5.98. The maximum atomic E-state index is 11.7. The Balaban J connectivity index is 2.15. The van der Waals surface area contributed by atoms with Crippen LogP contribution in [0.3, 0.4) is 0 Å². The van der Waals surface area contributed by atoms with E-state index >= 15 is 0 Å². The topological polar surface area (TPSA) is 85.8 Å². The summed E-state index contributed by atoms with van der Waals surface area (Å²) in [7, 11) is 0. The summed E-state index contributed by atoms with van der Waals surface area (Å²) in [4.78, 5) is 19.9. The third-order valence-electron chi connectivity index (χ3n) is 2.92. The number of benzene rings is 1. The summed E-state index contributed by atoms with van der Waals surface area (Å²) in [5, 5.41) is 3.09. The zero-order valence-electron chi connectivity index (χ0n) is 11.4. The third kappa shape index (κ3) is 2.99. The first-order valence-electron chi connectivity index (χ1n) is 6.47. The number of rotatable bonds is 3. The number of nitrogen functional groups attached to an aromatic ring is 1. The summed E-state index contributed by atoms with van der Waals surface area (Å²) >= 11 is 3.39. The van der Waals surface area contributed by atoms with Crippen LogP contribution >= 0.6 is 15.9 Å². The predicted molar refractivity (Wildman–Crippen MR) is 89.5 cm³/mol. The van der Waals surface area contributed by atoms with Crippen molar-refractivity contribution in [1.82, 2.24) is 14.5 Å². The van der Waals surface area contributed by atoms with E-state index in [-0.39, 0.29) is 5.82 Å². The van der Waals surface area contributed by atoms with E-state index in [1.807, 2.05) is 30.3 Å². The smallest absolute Gasteiger partial charge is 0.276 e. The molecule has 0 aliphatic carbocycles. The summed E-state index contributed by atoms with van der Waals surface area (Å²) in [5.41, 5.74) is 6.37. The fourth-order valence-corrected chi connectivity index (χ4v) is 2.31. The number of nitrogens with two attached hydrogens (primary N) is 1. The van der Waals surface area contributed by atoms with Crippen molar-refractivity contribution in [1.29, 1.82) is 0 Å². The van der Waals surface area contributed by atoms with Crippen molar-refractivity contribution in [3.63, 3.8) is 0 Å². The maximum Gasteiger partial charge on any atom is 0.276 e. The Morgan fingerprint density at radius 3 is 2.64 bits per heavy atom. The van der Waals surface area contributed by atoms with Gasteiger partial charge in [-0.05, 0) is 24.3 Å². The monoisotopic (exact) mass is 357 g/mol. The molecule has 0 spiro atoms. The standard InChI is InChI=1S/C15H12BrN5O/c16-10-6-7-18-13(8-10)21-12(17)9-14(22)20-15(21)19-11-4-2-1-3-5-11/h1-9H,17H2,(H,19,20,22). The van der Waals surface area contributed by atoms with Crippen LogP contribution in [0, 0.1) is 0 Å². The molecule has 0 radical (unpaired) electrons. The molecule has 0 saturated heterocycles. The number of halogens is 1. The first-order chi connectivity index (χ1) is 10.6. The number of hydrogen-bond acceptors (Lipinski definition) is 5. The van der Waals surface area contributed by atoms with Crippen LogP contribution in [0.15, 0.2) is 64.0 Å². The minimum atomic E-state index is -0.415. The summed E-state index contributed by atoms with van der Waals surface area (Å²) in [6.45, 7) is 0. The highest BCUT2D eigenvalue weighted by Crippen LogP contribution is 2.21. The molecule has 3 N–H and O–H groups in total. The number of nitrogens with one attached hydrogen (secondary N) is 1. The van der Waals surface area contributed by atoms with Crippen LogP contribution in [0.2, 0.25) is 0 Å². The number of nitrogens with zero attached hydrogens (tertiary/aromatic N) is 3. The van der Waals surface area contributed by atoms with Crippen LogP contribution in [0.5, 0.6) is 0 Å². The summed E-state index contributed by atoms with van der Waals surface area (Å²) in [6, 6.07) is 14.3. The molecule has 22 heavy (non-hydrogen) atoms. The van der Waals surface area contributed by atoms with Gasteiger partial charge in [0, 0.05) is 22.4 Å². The lowest BCUT2D eigenvalue weighted by molar-refractivity contribution is 0.947. The molecule has 0 aliphatic rings. The van der Waals surface area contributed by atoms with Gasteiger partial charge in [-0.3, -0.25) is 4.79 Å². The van der Waals surface area contributed by atoms with E-state index in [4.69, 9.17) is 5.73 Å². The average molecular weight is 358 g/mol. The van der Waals surface area contributed by atoms with Crippen molar-refractivity contribution in [2.24, 2.45) is 0 Å². The molecule has 2 aromatic heterocycles. The zero-order valence-corrected chi connectivity index (χ0v) is 13.0. The highest BCUT2D eigenvalue weighted by molar-refractivity contribution is 9.10. The van der Waals surface area contributed by atoms with Gasteiger partial charge in [-0.2, -0.15) is 4.98 Å². The lowest BCUT2D eigenvalue weighted by Crippen LogP contribution is -2.18. The van der Waals surface area contributed by atoms with Gasteiger partial charge < -0.3 is 11.1 Å². The molecule has 7 heteroatoms. The first kappa shape index (κ1) is 14.3. The maximum absolute atomic E-state index is 11.7. The van der Waals surface area contributed by atoms with E-state index in [1.165, 1.54) is 6.07 Å². The molecule has 0 fully saturated rings. The Bertz CT molecular complexity index is 863. The van der Waals surface area contributed by atoms with Gasteiger partial charge in [0.2, 0.25) is 5.95 Å². The molecule has 6 nitrogen and oxygen atoms in total. The molecule has 0 bridgehead atoms. The van der Waals surface area contributed by atoms with E-state index in [1.54, 1.807) is 22.9 Å². The molecule has 2 heterocycles. The van der Waals surface area contributed by atoms with Crippen LogP contribution in [0.4, 0.5) is 17.5 Å². The fraction of sp³-hybridized carbons (Fsp3) is 0. The number of para-hydroxylation sites is 1. The van der Waals surface area contributed by atoms with E-state index in [9.17, 15) is 4.79 Å². The molecule has 1 aromatic carbocycles. The van der Waals surface area contributed by atoms with Crippen LogP contribution in [0.25, 0.3) is 5.82 Å². The van der Waals surface area contributed by atoms with Gasteiger partial charge in [-0.15, -0.1) is 0 Å². The summed E-state index contributed by atoms with van der Waals surface area (Å²) in [6.07, 6.45) is 1.64. The van der Waals surface area contributed by atoms with Gasteiger partial charge in [0.1, 0.15) is 11.6 Å². The minimum absolute atomic E-state index is 0.254. The molecule has 3 rings (SSSR count). The molecule has 0 unspecified atom stereocenters. The van der Waals surface area contributed by atoms with Gasteiger partial charge in [0.25, 0.3) is 5.56 Å². The lowest BCUT2D eigenvalue weighted by atomic mass is 10.3. The van der Waals surface area contributed by atoms with Crippen LogP contribution in [-0.4, -0.2) is 14.5 Å². The van der Waals surface area contributed by atoms with Crippen molar-refractivity contribution in [3.05, 3.63) is 69.6 Å². The Labute approximate surface area is 134 Å². The SMILES string of the molecule is Nc1cc(=O)nc(Nc2ccccc2)n1-c1cc(Br)ccn1. The van der Waals surface area contributed by atoms with Gasteiger partial charge in [-0.1, -0.05) is 34.1 Å². The van der Waals surface area contributed by atoms with E-state index in [0.29, 0.717) is 11.8 Å². The number of aromatic nitrogens is 3. The van der Waals surface area contributed by atoms with Gasteiger partial charge in [0.05, 0.1) is 0 Å².